The third-order valence-electron chi connectivity index (χ3n) is 4.98. The van der Waals surface area contributed by atoms with Gasteiger partial charge in [-0.25, -0.2) is 17.9 Å². The first kappa shape index (κ1) is 22.7. The topological polar surface area (TPSA) is 78.5 Å². The first-order valence-corrected chi connectivity index (χ1v) is 11.4. The molecular formula is C21H35N3O3S. The third kappa shape index (κ3) is 6.48. The number of nitrogens with one attached hydrogen (secondary N) is 2. The molecule has 0 aliphatic carbocycles. The maximum absolute atomic E-state index is 12.6. The minimum atomic E-state index is -3.52. The second kappa shape index (κ2) is 8.41. The minimum absolute atomic E-state index is 0.0109. The van der Waals surface area contributed by atoms with E-state index in [9.17, 15) is 13.2 Å². The standard InChI is InChI=1S/C21H35N3O3S/c1-20(2,3)17-7-9-18(10-8-17)28(26,27)22-15-16-11-13-24(14-12-16)19(25)23-21(4,5)6/h7-10,16,22H,11-15H2,1-6H3,(H,23,25). The second-order valence-corrected chi connectivity index (χ2v) is 11.5. The van der Waals surface area contributed by atoms with E-state index in [1.54, 1.807) is 12.1 Å². The highest BCUT2D eigenvalue weighted by atomic mass is 32.2. The van der Waals surface area contributed by atoms with Crippen LogP contribution in [0.2, 0.25) is 0 Å². The van der Waals surface area contributed by atoms with Crippen LogP contribution < -0.4 is 10.0 Å². The van der Waals surface area contributed by atoms with Gasteiger partial charge in [0.15, 0.2) is 0 Å². The van der Waals surface area contributed by atoms with Crippen LogP contribution in [-0.2, 0) is 15.4 Å². The van der Waals surface area contributed by atoms with Crippen molar-refractivity contribution in [1.82, 2.24) is 14.9 Å². The normalized spacial score (nSPS) is 16.9. The van der Waals surface area contributed by atoms with Gasteiger partial charge in [-0.15, -0.1) is 0 Å². The Morgan fingerprint density at radius 1 is 1.04 bits per heavy atom. The van der Waals surface area contributed by atoms with Crippen LogP contribution in [0.1, 0.15) is 59.9 Å². The minimum Gasteiger partial charge on any atom is -0.333 e. The van der Waals surface area contributed by atoms with Gasteiger partial charge in [-0.1, -0.05) is 32.9 Å². The van der Waals surface area contributed by atoms with E-state index in [1.165, 1.54) is 0 Å². The molecule has 1 heterocycles. The van der Waals surface area contributed by atoms with Gasteiger partial charge in [0.2, 0.25) is 10.0 Å². The number of rotatable bonds is 4. The summed E-state index contributed by atoms with van der Waals surface area (Å²) in [6.45, 7) is 13.9. The number of urea groups is 1. The Bertz CT molecular complexity index is 767. The summed E-state index contributed by atoms with van der Waals surface area (Å²) < 4.78 is 27.9. The lowest BCUT2D eigenvalue weighted by Crippen LogP contribution is -2.51. The fourth-order valence-corrected chi connectivity index (χ4v) is 4.30. The molecule has 1 fully saturated rings. The van der Waals surface area contributed by atoms with Crippen LogP contribution in [0.4, 0.5) is 4.79 Å². The molecule has 1 aromatic rings. The van der Waals surface area contributed by atoms with Gasteiger partial charge in [0.1, 0.15) is 0 Å². The SMILES string of the molecule is CC(C)(C)NC(=O)N1CCC(CNS(=O)(=O)c2ccc(C(C)(C)C)cc2)CC1. The highest BCUT2D eigenvalue weighted by molar-refractivity contribution is 7.89. The lowest BCUT2D eigenvalue weighted by Gasteiger charge is -2.34. The summed E-state index contributed by atoms with van der Waals surface area (Å²) in [7, 11) is -3.52. The largest absolute Gasteiger partial charge is 0.333 e. The molecule has 158 valence electrons. The van der Waals surface area contributed by atoms with Gasteiger partial charge in [-0.2, -0.15) is 0 Å². The molecule has 1 saturated heterocycles. The van der Waals surface area contributed by atoms with E-state index in [-0.39, 0.29) is 22.9 Å². The smallest absolute Gasteiger partial charge is 0.317 e. The highest BCUT2D eigenvalue weighted by Gasteiger charge is 2.26. The fraction of sp³-hybridized carbons (Fsp3) is 0.667. The predicted octanol–water partition coefficient (Wildman–Crippen LogP) is 3.48. The average molecular weight is 410 g/mol. The molecule has 0 bridgehead atoms. The Morgan fingerprint density at radius 2 is 1.57 bits per heavy atom. The van der Waals surface area contributed by atoms with E-state index < -0.39 is 10.0 Å². The molecular weight excluding hydrogens is 374 g/mol. The summed E-state index contributed by atoms with van der Waals surface area (Å²) in [4.78, 5) is 14.3. The molecule has 0 atom stereocenters. The number of benzene rings is 1. The van der Waals surface area contributed by atoms with Gasteiger partial charge >= 0.3 is 6.03 Å². The van der Waals surface area contributed by atoms with Gasteiger partial charge in [0.05, 0.1) is 4.90 Å². The molecule has 1 aromatic carbocycles. The Balaban J connectivity index is 1.86. The van der Waals surface area contributed by atoms with E-state index in [1.807, 2.05) is 37.8 Å². The number of hydrogen-bond acceptors (Lipinski definition) is 3. The van der Waals surface area contributed by atoms with Crippen molar-refractivity contribution in [2.24, 2.45) is 5.92 Å². The molecule has 6 nitrogen and oxygen atoms in total. The first-order chi connectivity index (χ1) is 12.8. The summed E-state index contributed by atoms with van der Waals surface area (Å²) in [6, 6.07) is 7.04. The Labute approximate surface area is 170 Å². The van der Waals surface area contributed by atoms with E-state index in [0.717, 1.165) is 18.4 Å². The van der Waals surface area contributed by atoms with Crippen LogP contribution in [0, 0.1) is 5.92 Å². The van der Waals surface area contributed by atoms with Crippen LogP contribution in [0.15, 0.2) is 29.2 Å². The Hall–Kier alpha value is -1.60. The quantitative estimate of drug-likeness (QED) is 0.799. The summed E-state index contributed by atoms with van der Waals surface area (Å²) in [5.74, 6) is 0.238. The van der Waals surface area contributed by atoms with Crippen molar-refractivity contribution >= 4 is 16.1 Å². The van der Waals surface area contributed by atoms with Gasteiger partial charge < -0.3 is 10.2 Å². The van der Waals surface area contributed by atoms with Crippen molar-refractivity contribution in [3.63, 3.8) is 0 Å². The van der Waals surface area contributed by atoms with E-state index in [0.29, 0.717) is 24.5 Å². The molecule has 1 aliphatic heterocycles. The van der Waals surface area contributed by atoms with Crippen molar-refractivity contribution in [2.75, 3.05) is 19.6 Å². The monoisotopic (exact) mass is 409 g/mol. The molecule has 2 amide bonds. The zero-order valence-corrected chi connectivity index (χ0v) is 18.8. The number of piperidine rings is 1. The van der Waals surface area contributed by atoms with Crippen LogP contribution >= 0.6 is 0 Å². The lowest BCUT2D eigenvalue weighted by atomic mass is 9.87. The molecule has 2 rings (SSSR count). The van der Waals surface area contributed by atoms with Crippen LogP contribution in [0.25, 0.3) is 0 Å². The van der Waals surface area contributed by atoms with E-state index in [2.05, 4.69) is 30.8 Å². The molecule has 0 saturated carbocycles. The first-order valence-electron chi connectivity index (χ1n) is 9.95. The van der Waals surface area contributed by atoms with E-state index in [4.69, 9.17) is 0 Å². The molecule has 7 heteroatoms. The van der Waals surface area contributed by atoms with Crippen molar-refractivity contribution in [3.8, 4) is 0 Å². The second-order valence-electron chi connectivity index (χ2n) is 9.74. The number of sulfonamides is 1. The number of hydrogen-bond donors (Lipinski definition) is 2. The third-order valence-corrected chi connectivity index (χ3v) is 6.42. The Kier molecular flexibility index (Phi) is 6.82. The van der Waals surface area contributed by atoms with Crippen LogP contribution in [0.5, 0.6) is 0 Å². The van der Waals surface area contributed by atoms with Crippen molar-refractivity contribution in [2.45, 2.75) is 70.2 Å². The number of carbonyl (C=O) groups excluding carboxylic acids is 1. The zero-order chi connectivity index (χ0) is 21.2. The molecule has 0 aromatic heterocycles. The molecule has 28 heavy (non-hydrogen) atoms. The van der Waals surface area contributed by atoms with Crippen molar-refractivity contribution in [1.29, 1.82) is 0 Å². The van der Waals surface area contributed by atoms with Gasteiger partial charge in [-0.3, -0.25) is 0 Å². The maximum Gasteiger partial charge on any atom is 0.317 e. The molecule has 1 aliphatic rings. The molecule has 0 spiro atoms. The molecule has 2 N–H and O–H groups in total. The van der Waals surface area contributed by atoms with E-state index >= 15 is 0 Å². The number of amides is 2. The van der Waals surface area contributed by atoms with Gasteiger partial charge in [-0.05, 0) is 62.6 Å². The lowest BCUT2D eigenvalue weighted by molar-refractivity contribution is 0.163. The average Bonchev–Trinajstić information content (AvgIpc) is 2.58. The number of nitrogens with zero attached hydrogens (tertiary/aromatic N) is 1. The number of carbonyl (C=O) groups is 1. The van der Waals surface area contributed by atoms with Crippen molar-refractivity contribution < 1.29 is 13.2 Å². The zero-order valence-electron chi connectivity index (χ0n) is 18.0. The fourth-order valence-electron chi connectivity index (χ4n) is 3.19. The van der Waals surface area contributed by atoms with Gasteiger partial charge in [0, 0.05) is 25.2 Å². The molecule has 0 unspecified atom stereocenters. The maximum atomic E-state index is 12.6. The number of likely N-dealkylation sites (tertiary alicyclic amines) is 1. The summed E-state index contributed by atoms with van der Waals surface area (Å²) >= 11 is 0. The van der Waals surface area contributed by atoms with Crippen LogP contribution in [0.3, 0.4) is 0 Å². The Morgan fingerprint density at radius 3 is 2.04 bits per heavy atom. The highest BCUT2D eigenvalue weighted by Crippen LogP contribution is 2.24. The van der Waals surface area contributed by atoms with Crippen LogP contribution in [-0.4, -0.2) is 44.5 Å². The summed E-state index contributed by atoms with van der Waals surface area (Å²) in [5.41, 5.74) is 0.835. The summed E-state index contributed by atoms with van der Waals surface area (Å²) in [6.07, 6.45) is 1.59. The van der Waals surface area contributed by atoms with Gasteiger partial charge in [0.25, 0.3) is 0 Å². The summed E-state index contributed by atoms with van der Waals surface area (Å²) in [5, 5.41) is 2.97. The molecule has 0 radical (unpaired) electrons. The predicted molar refractivity (Wildman–Crippen MR) is 113 cm³/mol. The van der Waals surface area contributed by atoms with Crippen molar-refractivity contribution in [3.05, 3.63) is 29.8 Å².